The number of carbonyl (C=O) groups excluding carboxylic acids is 2. The number of hydrogen-bond donors (Lipinski definition) is 1. The van der Waals surface area contributed by atoms with E-state index in [-0.39, 0.29) is 35.8 Å². The highest BCUT2D eigenvalue weighted by molar-refractivity contribution is 7.91. The van der Waals surface area contributed by atoms with Crippen LogP contribution in [0.2, 0.25) is 0 Å². The lowest BCUT2D eigenvalue weighted by Gasteiger charge is -2.34. The van der Waals surface area contributed by atoms with Gasteiger partial charge in [0.2, 0.25) is 11.8 Å². The van der Waals surface area contributed by atoms with Gasteiger partial charge in [0.05, 0.1) is 18.1 Å². The summed E-state index contributed by atoms with van der Waals surface area (Å²) in [6, 6.07) is 0. The van der Waals surface area contributed by atoms with E-state index in [0.29, 0.717) is 32.6 Å². The topological polar surface area (TPSA) is 101 Å². The Balaban J connectivity index is 1.74. The van der Waals surface area contributed by atoms with Crippen molar-refractivity contribution in [3.05, 3.63) is 0 Å². The first-order chi connectivity index (χ1) is 9.85. The fourth-order valence-corrected chi connectivity index (χ4v) is 4.15. The first kappa shape index (κ1) is 16.2. The highest BCUT2D eigenvalue weighted by Gasteiger charge is 2.27. The summed E-state index contributed by atoms with van der Waals surface area (Å²) in [5, 5.41) is 0. The van der Waals surface area contributed by atoms with Gasteiger partial charge in [0, 0.05) is 32.6 Å². The molecule has 0 aromatic heterocycles. The van der Waals surface area contributed by atoms with Crippen LogP contribution in [0.4, 0.5) is 0 Å². The largest absolute Gasteiger partial charge is 0.370 e. The van der Waals surface area contributed by atoms with Crippen molar-refractivity contribution in [1.82, 2.24) is 9.80 Å². The van der Waals surface area contributed by atoms with Crippen LogP contribution in [0, 0.1) is 5.92 Å². The normalized spacial score (nSPS) is 23.9. The van der Waals surface area contributed by atoms with Crippen molar-refractivity contribution in [2.24, 2.45) is 11.7 Å². The minimum absolute atomic E-state index is 0.0480. The van der Waals surface area contributed by atoms with Crippen molar-refractivity contribution < 1.29 is 18.0 Å². The van der Waals surface area contributed by atoms with E-state index in [9.17, 15) is 18.0 Å². The number of carbonyl (C=O) groups is 2. The average Bonchev–Trinajstić information content (AvgIpc) is 2.41. The maximum atomic E-state index is 12.2. The monoisotopic (exact) mass is 317 g/mol. The van der Waals surface area contributed by atoms with Gasteiger partial charge in [0.1, 0.15) is 0 Å². The summed E-state index contributed by atoms with van der Waals surface area (Å²) in [5.41, 5.74) is 5.19. The Labute approximate surface area is 125 Å². The zero-order valence-electron chi connectivity index (χ0n) is 12.2. The van der Waals surface area contributed by atoms with Crippen LogP contribution < -0.4 is 5.73 Å². The summed E-state index contributed by atoms with van der Waals surface area (Å²) >= 11 is 0. The average molecular weight is 317 g/mol. The molecule has 2 saturated heterocycles. The third-order valence-electron chi connectivity index (χ3n) is 4.25. The second kappa shape index (κ2) is 6.74. The van der Waals surface area contributed by atoms with Crippen molar-refractivity contribution in [2.45, 2.75) is 19.3 Å². The van der Waals surface area contributed by atoms with Gasteiger partial charge in [0.15, 0.2) is 9.84 Å². The first-order valence-electron chi connectivity index (χ1n) is 7.34. The number of sulfone groups is 1. The lowest BCUT2D eigenvalue weighted by Crippen LogP contribution is -2.48. The molecule has 2 fully saturated rings. The Hall–Kier alpha value is -1.15. The van der Waals surface area contributed by atoms with Crippen molar-refractivity contribution in [2.75, 3.05) is 44.2 Å². The zero-order chi connectivity index (χ0) is 15.5. The minimum Gasteiger partial charge on any atom is -0.370 e. The molecule has 2 aliphatic rings. The van der Waals surface area contributed by atoms with Gasteiger partial charge in [-0.15, -0.1) is 0 Å². The Morgan fingerprint density at radius 1 is 1.05 bits per heavy atom. The molecule has 0 unspecified atom stereocenters. The lowest BCUT2D eigenvalue weighted by atomic mass is 9.93. The molecular weight excluding hydrogens is 294 g/mol. The van der Waals surface area contributed by atoms with Gasteiger partial charge in [-0.3, -0.25) is 14.5 Å². The second-order valence-corrected chi connectivity index (χ2v) is 8.23. The van der Waals surface area contributed by atoms with Crippen LogP contribution in [-0.2, 0) is 19.4 Å². The van der Waals surface area contributed by atoms with E-state index >= 15 is 0 Å². The van der Waals surface area contributed by atoms with Gasteiger partial charge in [-0.25, -0.2) is 8.42 Å². The summed E-state index contributed by atoms with van der Waals surface area (Å²) in [5.74, 6) is 0.329. The quantitative estimate of drug-likeness (QED) is 0.704. The van der Waals surface area contributed by atoms with Crippen molar-refractivity contribution in [3.8, 4) is 0 Å². The highest BCUT2D eigenvalue weighted by Crippen LogP contribution is 2.20. The molecule has 120 valence electrons. The molecule has 2 aliphatic heterocycles. The van der Waals surface area contributed by atoms with Gasteiger partial charge >= 0.3 is 0 Å². The Kier molecular flexibility index (Phi) is 5.21. The van der Waals surface area contributed by atoms with E-state index < -0.39 is 9.84 Å². The van der Waals surface area contributed by atoms with Crippen LogP contribution in [0.15, 0.2) is 0 Å². The standard InChI is InChI=1S/C13H23N3O4S/c14-12(17)9-11-1-3-16(4-2-11)13(18)10-15-5-7-21(19,20)8-6-15/h11H,1-10H2,(H2,14,17). The van der Waals surface area contributed by atoms with Crippen LogP contribution in [0.1, 0.15) is 19.3 Å². The summed E-state index contributed by atoms with van der Waals surface area (Å²) in [7, 11) is -2.91. The molecule has 0 spiro atoms. The molecule has 7 nitrogen and oxygen atoms in total. The Bertz CT molecular complexity index is 484. The van der Waals surface area contributed by atoms with Gasteiger partial charge < -0.3 is 10.6 Å². The number of nitrogens with two attached hydrogens (primary N) is 1. The predicted molar refractivity (Wildman–Crippen MR) is 78.2 cm³/mol. The van der Waals surface area contributed by atoms with E-state index in [1.165, 1.54) is 0 Å². The Morgan fingerprint density at radius 3 is 2.14 bits per heavy atom. The first-order valence-corrected chi connectivity index (χ1v) is 9.17. The van der Waals surface area contributed by atoms with Gasteiger partial charge in [0.25, 0.3) is 0 Å². The third kappa shape index (κ3) is 4.96. The van der Waals surface area contributed by atoms with E-state index in [4.69, 9.17) is 5.73 Å². The van der Waals surface area contributed by atoms with E-state index in [0.717, 1.165) is 12.8 Å². The lowest BCUT2D eigenvalue weighted by molar-refractivity contribution is -0.133. The van der Waals surface area contributed by atoms with Crippen LogP contribution in [0.3, 0.4) is 0 Å². The van der Waals surface area contributed by atoms with Crippen LogP contribution in [0.5, 0.6) is 0 Å². The molecule has 2 heterocycles. The molecule has 0 radical (unpaired) electrons. The molecule has 2 N–H and O–H groups in total. The molecule has 2 rings (SSSR count). The van der Waals surface area contributed by atoms with Gasteiger partial charge in [-0.05, 0) is 18.8 Å². The second-order valence-electron chi connectivity index (χ2n) is 5.92. The SMILES string of the molecule is NC(=O)CC1CCN(C(=O)CN2CCS(=O)(=O)CC2)CC1. The molecule has 8 heteroatoms. The summed E-state index contributed by atoms with van der Waals surface area (Å²) in [4.78, 5) is 26.8. The fourth-order valence-electron chi connectivity index (χ4n) is 2.87. The molecular formula is C13H23N3O4S. The van der Waals surface area contributed by atoms with Crippen molar-refractivity contribution in [1.29, 1.82) is 0 Å². The fraction of sp³-hybridized carbons (Fsp3) is 0.846. The summed E-state index contributed by atoms with van der Waals surface area (Å²) in [6.07, 6.45) is 2.01. The smallest absolute Gasteiger partial charge is 0.236 e. The van der Waals surface area contributed by atoms with Crippen molar-refractivity contribution in [3.63, 3.8) is 0 Å². The molecule has 0 aromatic carbocycles. The third-order valence-corrected chi connectivity index (χ3v) is 5.86. The van der Waals surface area contributed by atoms with Crippen molar-refractivity contribution >= 4 is 21.7 Å². The zero-order valence-corrected chi connectivity index (χ0v) is 13.0. The minimum atomic E-state index is -2.91. The van der Waals surface area contributed by atoms with Crippen LogP contribution >= 0.6 is 0 Å². The molecule has 21 heavy (non-hydrogen) atoms. The number of hydrogen-bond acceptors (Lipinski definition) is 5. The molecule has 0 aliphatic carbocycles. The predicted octanol–water partition coefficient (Wildman–Crippen LogP) is -1.17. The molecule has 2 amide bonds. The van der Waals surface area contributed by atoms with Crippen LogP contribution in [0.25, 0.3) is 0 Å². The number of likely N-dealkylation sites (tertiary alicyclic amines) is 1. The van der Waals surface area contributed by atoms with E-state index in [1.54, 1.807) is 4.90 Å². The number of primary amides is 1. The summed E-state index contributed by atoms with van der Waals surface area (Å²) in [6.45, 7) is 2.47. The number of rotatable bonds is 4. The van der Waals surface area contributed by atoms with Crippen LogP contribution in [-0.4, -0.2) is 74.3 Å². The molecule has 0 saturated carbocycles. The maximum Gasteiger partial charge on any atom is 0.236 e. The van der Waals surface area contributed by atoms with Gasteiger partial charge in [-0.1, -0.05) is 0 Å². The van der Waals surface area contributed by atoms with Gasteiger partial charge in [-0.2, -0.15) is 0 Å². The molecule has 0 bridgehead atoms. The van der Waals surface area contributed by atoms with E-state index in [1.807, 2.05) is 4.90 Å². The highest BCUT2D eigenvalue weighted by atomic mass is 32.2. The summed E-state index contributed by atoms with van der Waals surface area (Å²) < 4.78 is 22.7. The molecule has 0 aromatic rings. The number of nitrogens with zero attached hydrogens (tertiary/aromatic N) is 2. The maximum absolute atomic E-state index is 12.2. The molecule has 0 atom stereocenters. The number of piperidine rings is 1. The number of amides is 2. The Morgan fingerprint density at radius 2 is 1.62 bits per heavy atom. The van der Waals surface area contributed by atoms with E-state index in [2.05, 4.69) is 0 Å².